The van der Waals surface area contributed by atoms with Crippen molar-refractivity contribution in [3.8, 4) is 11.4 Å². The topological polar surface area (TPSA) is 105 Å². The Kier molecular flexibility index (Phi) is 5.97. The second-order valence-electron chi connectivity index (χ2n) is 6.71. The first-order valence-corrected chi connectivity index (χ1v) is 10.8. The number of carbonyl (C=O) groups excluding carboxylic acids is 1. The normalized spacial score (nSPS) is 11.3. The van der Waals surface area contributed by atoms with Gasteiger partial charge in [-0.3, -0.25) is 9.10 Å². The lowest BCUT2D eigenvalue weighted by atomic mass is 10.1. The van der Waals surface area contributed by atoms with Crippen molar-refractivity contribution in [1.29, 1.82) is 0 Å². The van der Waals surface area contributed by atoms with Crippen LogP contribution in [0.4, 0.5) is 5.69 Å². The number of nitrogens with one attached hydrogen (secondary N) is 1. The molecule has 0 aliphatic rings. The van der Waals surface area contributed by atoms with Gasteiger partial charge in [0.15, 0.2) is 0 Å². The number of hydrogen-bond acceptors (Lipinski definition) is 6. The maximum Gasteiger partial charge on any atom is 0.246 e. The molecule has 152 valence electrons. The lowest BCUT2D eigenvalue weighted by molar-refractivity contribution is -0.119. The maximum absolute atomic E-state index is 12.4. The van der Waals surface area contributed by atoms with Gasteiger partial charge in [-0.05, 0) is 31.5 Å². The van der Waals surface area contributed by atoms with E-state index in [9.17, 15) is 13.2 Å². The van der Waals surface area contributed by atoms with Crippen LogP contribution < -0.4 is 9.62 Å². The van der Waals surface area contributed by atoms with Crippen LogP contribution in [0, 0.1) is 13.8 Å². The predicted octanol–water partition coefficient (Wildman–Crippen LogP) is 2.44. The monoisotopic (exact) mass is 414 g/mol. The van der Waals surface area contributed by atoms with Gasteiger partial charge in [0.2, 0.25) is 27.6 Å². The van der Waals surface area contributed by atoms with Crippen molar-refractivity contribution < 1.29 is 17.7 Å². The molecule has 8 nitrogen and oxygen atoms in total. The summed E-state index contributed by atoms with van der Waals surface area (Å²) < 4.78 is 30.6. The van der Waals surface area contributed by atoms with E-state index in [1.54, 1.807) is 31.2 Å². The van der Waals surface area contributed by atoms with E-state index in [0.717, 1.165) is 27.3 Å². The minimum Gasteiger partial charge on any atom is -0.345 e. The van der Waals surface area contributed by atoms with Crippen LogP contribution in [0.2, 0.25) is 0 Å². The number of benzene rings is 2. The van der Waals surface area contributed by atoms with Gasteiger partial charge in [0.05, 0.1) is 18.5 Å². The van der Waals surface area contributed by atoms with Gasteiger partial charge in [0.25, 0.3) is 0 Å². The van der Waals surface area contributed by atoms with Gasteiger partial charge in [-0.25, -0.2) is 8.42 Å². The fourth-order valence-corrected chi connectivity index (χ4v) is 3.73. The largest absolute Gasteiger partial charge is 0.345 e. The van der Waals surface area contributed by atoms with E-state index in [1.807, 2.05) is 31.2 Å². The molecule has 2 aromatic carbocycles. The Balaban J connectivity index is 1.67. The zero-order valence-electron chi connectivity index (χ0n) is 16.4. The standard InChI is InChI=1S/C20H22N4O4S/c1-14-7-6-9-16(11-14)20-22-19(28-23-20)12-21-18(25)13-24(29(3,26)27)17-10-5-4-8-15(17)2/h4-11H,12-13H2,1-3H3,(H,21,25). The molecule has 3 aromatic rings. The predicted molar refractivity (Wildman–Crippen MR) is 110 cm³/mol. The number of carbonyl (C=O) groups is 1. The minimum atomic E-state index is -3.63. The summed E-state index contributed by atoms with van der Waals surface area (Å²) in [5, 5.41) is 6.55. The zero-order chi connectivity index (χ0) is 21.0. The first kappa shape index (κ1) is 20.5. The number of anilines is 1. The highest BCUT2D eigenvalue weighted by Gasteiger charge is 2.22. The van der Waals surface area contributed by atoms with Gasteiger partial charge < -0.3 is 9.84 Å². The summed E-state index contributed by atoms with van der Waals surface area (Å²) in [6.07, 6.45) is 1.07. The summed E-state index contributed by atoms with van der Waals surface area (Å²) in [6, 6.07) is 14.6. The van der Waals surface area contributed by atoms with Crippen LogP contribution in [0.15, 0.2) is 53.1 Å². The maximum atomic E-state index is 12.4. The first-order chi connectivity index (χ1) is 13.7. The summed E-state index contributed by atoms with van der Waals surface area (Å²) in [6.45, 7) is 3.41. The number of hydrogen-bond donors (Lipinski definition) is 1. The molecule has 0 bridgehead atoms. The quantitative estimate of drug-likeness (QED) is 0.637. The molecular formula is C20H22N4O4S. The fourth-order valence-electron chi connectivity index (χ4n) is 2.81. The van der Waals surface area contributed by atoms with Crippen molar-refractivity contribution in [2.45, 2.75) is 20.4 Å². The Morgan fingerprint density at radius 1 is 1.14 bits per heavy atom. The number of amides is 1. The van der Waals surface area contributed by atoms with Crippen LogP contribution >= 0.6 is 0 Å². The van der Waals surface area contributed by atoms with E-state index in [4.69, 9.17) is 4.52 Å². The van der Waals surface area contributed by atoms with Crippen molar-refractivity contribution in [3.05, 3.63) is 65.5 Å². The van der Waals surface area contributed by atoms with Crippen LogP contribution in [0.5, 0.6) is 0 Å². The van der Waals surface area contributed by atoms with E-state index in [2.05, 4.69) is 15.5 Å². The Labute approximate surface area is 169 Å². The summed E-state index contributed by atoms with van der Waals surface area (Å²) in [5.74, 6) is 0.182. The highest BCUT2D eigenvalue weighted by atomic mass is 32.2. The van der Waals surface area contributed by atoms with Gasteiger partial charge >= 0.3 is 0 Å². The van der Waals surface area contributed by atoms with E-state index >= 15 is 0 Å². The third-order valence-electron chi connectivity index (χ3n) is 4.25. The van der Waals surface area contributed by atoms with Crippen LogP contribution in [0.25, 0.3) is 11.4 Å². The number of aromatic nitrogens is 2. The number of sulfonamides is 1. The second-order valence-corrected chi connectivity index (χ2v) is 8.62. The molecule has 1 heterocycles. The van der Waals surface area contributed by atoms with E-state index in [1.165, 1.54) is 0 Å². The van der Waals surface area contributed by atoms with Crippen molar-refractivity contribution >= 4 is 21.6 Å². The van der Waals surface area contributed by atoms with Crippen LogP contribution in [-0.4, -0.2) is 37.3 Å². The van der Waals surface area contributed by atoms with Crippen molar-refractivity contribution in [3.63, 3.8) is 0 Å². The average molecular weight is 414 g/mol. The van der Waals surface area contributed by atoms with Gasteiger partial charge in [-0.15, -0.1) is 0 Å². The third-order valence-corrected chi connectivity index (χ3v) is 5.38. The molecule has 0 fully saturated rings. The van der Waals surface area contributed by atoms with Crippen LogP contribution in [-0.2, 0) is 21.4 Å². The smallest absolute Gasteiger partial charge is 0.246 e. The average Bonchev–Trinajstić information content (AvgIpc) is 3.13. The molecule has 0 unspecified atom stereocenters. The molecule has 0 saturated heterocycles. The Morgan fingerprint density at radius 2 is 1.90 bits per heavy atom. The highest BCUT2D eigenvalue weighted by molar-refractivity contribution is 7.92. The summed E-state index contributed by atoms with van der Waals surface area (Å²) in [5.41, 5.74) is 3.10. The van der Waals surface area contributed by atoms with Crippen molar-refractivity contribution in [2.75, 3.05) is 17.1 Å². The van der Waals surface area contributed by atoms with E-state index in [0.29, 0.717) is 11.5 Å². The second kappa shape index (κ2) is 8.44. The number of rotatable bonds is 7. The molecule has 1 amide bonds. The summed E-state index contributed by atoms with van der Waals surface area (Å²) in [7, 11) is -3.63. The molecule has 29 heavy (non-hydrogen) atoms. The molecule has 3 rings (SSSR count). The van der Waals surface area contributed by atoms with Crippen molar-refractivity contribution in [1.82, 2.24) is 15.5 Å². The summed E-state index contributed by atoms with van der Waals surface area (Å²) >= 11 is 0. The third kappa shape index (κ3) is 5.20. The molecule has 0 saturated carbocycles. The molecule has 1 N–H and O–H groups in total. The van der Waals surface area contributed by atoms with Crippen LogP contribution in [0.1, 0.15) is 17.0 Å². The lowest BCUT2D eigenvalue weighted by Gasteiger charge is -2.23. The van der Waals surface area contributed by atoms with Gasteiger partial charge in [0, 0.05) is 5.56 Å². The fraction of sp³-hybridized carbons (Fsp3) is 0.250. The van der Waals surface area contributed by atoms with Gasteiger partial charge in [0.1, 0.15) is 6.54 Å². The number of nitrogens with zero attached hydrogens (tertiary/aromatic N) is 3. The molecule has 0 aliphatic heterocycles. The highest BCUT2D eigenvalue weighted by Crippen LogP contribution is 2.21. The van der Waals surface area contributed by atoms with Gasteiger partial charge in [-0.1, -0.05) is 47.1 Å². The molecule has 0 spiro atoms. The van der Waals surface area contributed by atoms with E-state index in [-0.39, 0.29) is 19.0 Å². The Hall–Kier alpha value is -3.20. The molecule has 0 atom stereocenters. The number of para-hydroxylation sites is 1. The van der Waals surface area contributed by atoms with Crippen molar-refractivity contribution in [2.24, 2.45) is 0 Å². The molecule has 9 heteroatoms. The molecular weight excluding hydrogens is 392 g/mol. The zero-order valence-corrected chi connectivity index (χ0v) is 17.2. The van der Waals surface area contributed by atoms with Crippen LogP contribution in [0.3, 0.4) is 0 Å². The first-order valence-electron chi connectivity index (χ1n) is 8.94. The van der Waals surface area contributed by atoms with E-state index < -0.39 is 15.9 Å². The lowest BCUT2D eigenvalue weighted by Crippen LogP contribution is -2.40. The SMILES string of the molecule is Cc1cccc(-c2noc(CNC(=O)CN(c3ccccc3C)S(C)(=O)=O)n2)c1. The summed E-state index contributed by atoms with van der Waals surface area (Å²) in [4.78, 5) is 16.6. The Morgan fingerprint density at radius 3 is 2.59 bits per heavy atom. The Bertz CT molecular complexity index is 1120. The minimum absolute atomic E-state index is 0.00300. The molecule has 0 aliphatic carbocycles. The molecule has 1 aromatic heterocycles. The molecule has 0 radical (unpaired) electrons. The van der Waals surface area contributed by atoms with Gasteiger partial charge in [-0.2, -0.15) is 4.98 Å². The number of aryl methyl sites for hydroxylation is 2.